The van der Waals surface area contributed by atoms with Crippen molar-refractivity contribution in [2.24, 2.45) is 5.92 Å². The maximum absolute atomic E-state index is 11.6. The van der Waals surface area contributed by atoms with Crippen LogP contribution >= 0.6 is 0 Å². The zero-order chi connectivity index (χ0) is 17.3. The van der Waals surface area contributed by atoms with Crippen molar-refractivity contribution in [3.8, 4) is 0 Å². The molecule has 1 aliphatic heterocycles. The number of ether oxygens (including phenoxy) is 2. The minimum absolute atomic E-state index is 0.115. The maximum Gasteiger partial charge on any atom is 0.407 e. The van der Waals surface area contributed by atoms with E-state index in [-0.39, 0.29) is 12.1 Å². The topological polar surface area (TPSA) is 67.9 Å². The van der Waals surface area contributed by atoms with Gasteiger partial charge in [-0.3, -0.25) is 4.79 Å². The van der Waals surface area contributed by atoms with Crippen molar-refractivity contribution >= 4 is 12.1 Å². The summed E-state index contributed by atoms with van der Waals surface area (Å²) in [5, 5.41) is 2.80. The van der Waals surface area contributed by atoms with E-state index in [1.165, 1.54) is 7.11 Å². The summed E-state index contributed by atoms with van der Waals surface area (Å²) >= 11 is 0. The molecule has 1 heterocycles. The number of likely N-dealkylation sites (tertiary alicyclic amines) is 1. The Morgan fingerprint density at radius 1 is 1.22 bits per heavy atom. The van der Waals surface area contributed by atoms with Crippen LogP contribution < -0.4 is 5.32 Å². The van der Waals surface area contributed by atoms with Gasteiger partial charge >= 0.3 is 12.1 Å². The Morgan fingerprint density at radius 3 is 2.43 bits per heavy atom. The minimum Gasteiger partial charge on any atom is -0.469 e. The van der Waals surface area contributed by atoms with Crippen LogP contribution in [0.3, 0.4) is 0 Å². The van der Waals surface area contributed by atoms with Gasteiger partial charge in [0.15, 0.2) is 0 Å². The van der Waals surface area contributed by atoms with Gasteiger partial charge in [-0.1, -0.05) is 0 Å². The molecule has 0 aromatic heterocycles. The highest BCUT2D eigenvalue weighted by atomic mass is 16.6. The summed E-state index contributed by atoms with van der Waals surface area (Å²) in [5.74, 6) is 0.588. The van der Waals surface area contributed by atoms with Crippen LogP contribution in [0, 0.1) is 5.92 Å². The van der Waals surface area contributed by atoms with Crippen LogP contribution in [-0.2, 0) is 14.3 Å². The third kappa shape index (κ3) is 9.43. The number of nitrogens with one attached hydrogen (secondary N) is 1. The second-order valence-electron chi connectivity index (χ2n) is 7.18. The number of nitrogens with zero attached hydrogens (tertiary/aromatic N) is 1. The Balaban J connectivity index is 2.08. The monoisotopic (exact) mass is 328 g/mol. The summed E-state index contributed by atoms with van der Waals surface area (Å²) in [7, 11) is 1.44. The SMILES string of the molecule is COC(=O)CCCC1CCN(CCNC(=O)OC(C)(C)C)CC1. The summed E-state index contributed by atoms with van der Waals surface area (Å²) in [6.07, 6.45) is 4.50. The molecule has 0 aromatic carbocycles. The zero-order valence-electron chi connectivity index (χ0n) is 15.0. The van der Waals surface area contributed by atoms with Crippen LogP contribution in [-0.4, -0.2) is 55.9 Å². The van der Waals surface area contributed by atoms with E-state index in [0.717, 1.165) is 45.3 Å². The number of rotatable bonds is 7. The van der Waals surface area contributed by atoms with Gasteiger partial charge in [0.2, 0.25) is 0 Å². The summed E-state index contributed by atoms with van der Waals surface area (Å²) in [5.41, 5.74) is -0.452. The Labute approximate surface area is 139 Å². The van der Waals surface area contributed by atoms with E-state index in [2.05, 4.69) is 15.0 Å². The lowest BCUT2D eigenvalue weighted by Gasteiger charge is -2.32. The normalized spacial score (nSPS) is 16.9. The van der Waals surface area contributed by atoms with Crippen molar-refractivity contribution in [1.29, 1.82) is 0 Å². The van der Waals surface area contributed by atoms with E-state index < -0.39 is 5.60 Å². The number of piperidine rings is 1. The van der Waals surface area contributed by atoms with Crippen molar-refractivity contribution in [1.82, 2.24) is 10.2 Å². The molecule has 1 fully saturated rings. The molecule has 1 saturated heterocycles. The fraction of sp³-hybridized carbons (Fsp3) is 0.882. The molecule has 0 spiro atoms. The zero-order valence-corrected chi connectivity index (χ0v) is 15.0. The van der Waals surface area contributed by atoms with E-state index in [4.69, 9.17) is 4.74 Å². The first-order valence-corrected chi connectivity index (χ1v) is 8.56. The molecule has 0 aromatic rings. The van der Waals surface area contributed by atoms with Gasteiger partial charge in [0.05, 0.1) is 7.11 Å². The molecule has 0 bridgehead atoms. The van der Waals surface area contributed by atoms with Gasteiger partial charge in [-0.15, -0.1) is 0 Å². The van der Waals surface area contributed by atoms with Gasteiger partial charge in [-0.2, -0.15) is 0 Å². The molecule has 0 unspecified atom stereocenters. The molecule has 1 rings (SSSR count). The van der Waals surface area contributed by atoms with Crippen molar-refractivity contribution in [2.45, 2.75) is 58.5 Å². The van der Waals surface area contributed by atoms with Gasteiger partial charge in [0.1, 0.15) is 5.60 Å². The summed E-state index contributed by atoms with van der Waals surface area (Å²) in [6.45, 7) is 9.15. The molecule has 23 heavy (non-hydrogen) atoms. The fourth-order valence-electron chi connectivity index (χ4n) is 2.77. The highest BCUT2D eigenvalue weighted by molar-refractivity contribution is 5.69. The number of methoxy groups -OCH3 is 1. The van der Waals surface area contributed by atoms with E-state index in [0.29, 0.717) is 18.9 Å². The molecule has 1 amide bonds. The van der Waals surface area contributed by atoms with Crippen molar-refractivity contribution in [2.75, 3.05) is 33.3 Å². The molecular weight excluding hydrogens is 296 g/mol. The number of amides is 1. The largest absolute Gasteiger partial charge is 0.469 e. The molecule has 134 valence electrons. The van der Waals surface area contributed by atoms with E-state index in [1.807, 2.05) is 20.8 Å². The van der Waals surface area contributed by atoms with Crippen LogP contribution in [0.25, 0.3) is 0 Å². The van der Waals surface area contributed by atoms with E-state index in [9.17, 15) is 9.59 Å². The summed E-state index contributed by atoms with van der Waals surface area (Å²) in [4.78, 5) is 25.0. The summed E-state index contributed by atoms with van der Waals surface area (Å²) in [6, 6.07) is 0. The molecule has 6 heteroatoms. The second kappa shape index (κ2) is 9.75. The van der Waals surface area contributed by atoms with Crippen molar-refractivity contribution in [3.05, 3.63) is 0 Å². The predicted molar refractivity (Wildman–Crippen MR) is 89.3 cm³/mol. The molecule has 1 aliphatic rings. The lowest BCUT2D eigenvalue weighted by atomic mass is 9.91. The standard InChI is InChI=1S/C17H32N2O4/c1-17(2,3)23-16(21)18-10-13-19-11-8-14(9-12-19)6-5-7-15(20)22-4/h14H,5-13H2,1-4H3,(H,18,21). The van der Waals surface area contributed by atoms with Gasteiger partial charge in [0.25, 0.3) is 0 Å². The first-order valence-electron chi connectivity index (χ1n) is 8.56. The number of carbonyl (C=O) groups is 2. The summed E-state index contributed by atoms with van der Waals surface area (Å²) < 4.78 is 9.87. The Hall–Kier alpha value is -1.30. The van der Waals surface area contributed by atoms with Gasteiger partial charge < -0.3 is 19.7 Å². The van der Waals surface area contributed by atoms with Gasteiger partial charge in [0, 0.05) is 19.5 Å². The highest BCUT2D eigenvalue weighted by Crippen LogP contribution is 2.22. The molecule has 0 aliphatic carbocycles. The molecule has 0 radical (unpaired) electrons. The second-order valence-corrected chi connectivity index (χ2v) is 7.18. The number of hydrogen-bond acceptors (Lipinski definition) is 5. The first-order chi connectivity index (χ1) is 10.8. The Bertz CT molecular complexity index is 371. The molecular formula is C17H32N2O4. The number of hydrogen-bond donors (Lipinski definition) is 1. The average Bonchev–Trinajstić information content (AvgIpc) is 2.47. The van der Waals surface area contributed by atoms with E-state index in [1.54, 1.807) is 0 Å². The number of carbonyl (C=O) groups excluding carboxylic acids is 2. The van der Waals surface area contributed by atoms with Crippen LogP contribution in [0.4, 0.5) is 4.79 Å². The molecule has 0 saturated carbocycles. The third-order valence-corrected chi connectivity index (χ3v) is 4.02. The highest BCUT2D eigenvalue weighted by Gasteiger charge is 2.20. The molecule has 0 atom stereocenters. The molecule has 1 N–H and O–H groups in total. The van der Waals surface area contributed by atoms with E-state index >= 15 is 0 Å². The fourth-order valence-corrected chi connectivity index (χ4v) is 2.77. The Morgan fingerprint density at radius 2 is 1.87 bits per heavy atom. The van der Waals surface area contributed by atoms with Crippen molar-refractivity contribution in [3.63, 3.8) is 0 Å². The smallest absolute Gasteiger partial charge is 0.407 e. The molecule has 6 nitrogen and oxygen atoms in total. The lowest BCUT2D eigenvalue weighted by Crippen LogP contribution is -2.41. The van der Waals surface area contributed by atoms with Gasteiger partial charge in [-0.05, 0) is 65.5 Å². The van der Waals surface area contributed by atoms with Crippen LogP contribution in [0.5, 0.6) is 0 Å². The predicted octanol–water partition coefficient (Wildman–Crippen LogP) is 2.57. The van der Waals surface area contributed by atoms with Crippen molar-refractivity contribution < 1.29 is 19.1 Å². The Kier molecular flexibility index (Phi) is 8.37. The minimum atomic E-state index is -0.452. The first kappa shape index (κ1) is 19.7. The third-order valence-electron chi connectivity index (χ3n) is 4.02. The number of alkyl carbamates (subject to hydrolysis) is 1. The van der Waals surface area contributed by atoms with Crippen LogP contribution in [0.2, 0.25) is 0 Å². The lowest BCUT2D eigenvalue weighted by molar-refractivity contribution is -0.140. The van der Waals surface area contributed by atoms with Crippen LogP contribution in [0.15, 0.2) is 0 Å². The quantitative estimate of drug-likeness (QED) is 0.728. The van der Waals surface area contributed by atoms with Gasteiger partial charge in [-0.25, -0.2) is 4.79 Å². The number of esters is 1. The maximum atomic E-state index is 11.6. The average molecular weight is 328 g/mol. The van der Waals surface area contributed by atoms with Crippen LogP contribution in [0.1, 0.15) is 52.9 Å².